The van der Waals surface area contributed by atoms with Crippen molar-refractivity contribution in [1.82, 2.24) is 0 Å². The van der Waals surface area contributed by atoms with Gasteiger partial charge in [-0.25, -0.2) is 8.78 Å². The molecule has 202 valence electrons. The monoisotopic (exact) mass is 520 g/mol. The third kappa shape index (κ3) is 6.89. The molecule has 1 aliphatic carbocycles. The molecule has 0 amide bonds. The molecule has 3 aromatic rings. The molecule has 0 aliphatic heterocycles. The molecule has 0 radical (unpaired) electrons. The van der Waals surface area contributed by atoms with Crippen molar-refractivity contribution in [2.24, 2.45) is 5.92 Å². The molecule has 0 saturated heterocycles. The summed E-state index contributed by atoms with van der Waals surface area (Å²) < 4.78 is 50.1. The van der Waals surface area contributed by atoms with Crippen molar-refractivity contribution in [3.05, 3.63) is 83.7 Å². The van der Waals surface area contributed by atoms with Crippen LogP contribution in [0.15, 0.2) is 60.7 Å². The van der Waals surface area contributed by atoms with Crippen LogP contribution in [-0.4, -0.2) is 6.61 Å². The molecule has 3 aromatic carbocycles. The fourth-order valence-corrected chi connectivity index (χ4v) is 5.35. The minimum atomic E-state index is -0.972. The summed E-state index contributed by atoms with van der Waals surface area (Å²) in [6, 6.07) is 15.3. The Morgan fingerprint density at radius 1 is 0.737 bits per heavy atom. The molecule has 1 atom stereocenters. The third-order valence-electron chi connectivity index (χ3n) is 7.62. The number of hydrogen-bond acceptors (Lipinski definition) is 1. The zero-order valence-electron chi connectivity index (χ0n) is 22.7. The van der Waals surface area contributed by atoms with Gasteiger partial charge < -0.3 is 4.74 Å². The summed E-state index contributed by atoms with van der Waals surface area (Å²) in [5.74, 6) is -1.50. The van der Waals surface area contributed by atoms with Crippen molar-refractivity contribution in [2.45, 2.75) is 78.1 Å². The van der Waals surface area contributed by atoms with Crippen LogP contribution >= 0.6 is 0 Å². The number of rotatable bonds is 12. The quantitative estimate of drug-likeness (QED) is 0.216. The normalized spacial score (nSPS) is 15.4. The Balaban J connectivity index is 1.43. The second-order valence-electron chi connectivity index (χ2n) is 10.4. The van der Waals surface area contributed by atoms with E-state index in [1.165, 1.54) is 37.0 Å². The molecule has 1 nitrogen and oxygen atoms in total. The number of allylic oxidation sites excluding steroid dienone is 2. The van der Waals surface area contributed by atoms with Gasteiger partial charge in [0.25, 0.3) is 0 Å². The summed E-state index contributed by atoms with van der Waals surface area (Å²) in [5.41, 5.74) is 4.04. The highest BCUT2D eigenvalue weighted by molar-refractivity contribution is 5.74. The van der Waals surface area contributed by atoms with E-state index in [0.29, 0.717) is 23.3 Å². The molecule has 0 saturated carbocycles. The van der Waals surface area contributed by atoms with Crippen molar-refractivity contribution in [2.75, 3.05) is 6.61 Å². The number of halogens is 3. The lowest BCUT2D eigenvalue weighted by atomic mass is 9.84. The molecule has 0 fully saturated rings. The number of hydrogen-bond donors (Lipinski definition) is 0. The molecule has 0 aromatic heterocycles. The summed E-state index contributed by atoms with van der Waals surface area (Å²) in [6.07, 6.45) is 13.2. The fraction of sp³-hybridized carbons (Fsp3) is 0.412. The van der Waals surface area contributed by atoms with Crippen molar-refractivity contribution < 1.29 is 17.9 Å². The van der Waals surface area contributed by atoms with Gasteiger partial charge in [-0.2, -0.15) is 4.39 Å². The van der Waals surface area contributed by atoms with Crippen LogP contribution in [0.4, 0.5) is 13.2 Å². The summed E-state index contributed by atoms with van der Waals surface area (Å²) >= 11 is 0. The minimum absolute atomic E-state index is 0.0607. The number of ether oxygens (including phenoxy) is 1. The Labute approximate surface area is 225 Å². The molecule has 0 N–H and O–H groups in total. The van der Waals surface area contributed by atoms with Gasteiger partial charge in [-0.15, -0.1) is 0 Å². The summed E-state index contributed by atoms with van der Waals surface area (Å²) in [5, 5.41) is 0. The van der Waals surface area contributed by atoms with Crippen molar-refractivity contribution in [1.29, 1.82) is 0 Å². The molecule has 4 rings (SSSR count). The number of benzene rings is 3. The molecule has 4 heteroatoms. The van der Waals surface area contributed by atoms with Gasteiger partial charge in [-0.3, -0.25) is 0 Å². The van der Waals surface area contributed by atoms with Gasteiger partial charge in [0.05, 0.1) is 6.61 Å². The number of unbranched alkanes of at least 4 members (excludes halogenated alkanes) is 4. The SMILES string of the molecule is CCCCCCCOc1ccc(-c2ccc(-c3ccc(C4=CCC(CCC)CC4)cc3F)cc2)c(F)c1F. The van der Waals surface area contributed by atoms with Gasteiger partial charge in [0.15, 0.2) is 11.6 Å². The molecule has 0 spiro atoms. The van der Waals surface area contributed by atoms with Crippen LogP contribution in [-0.2, 0) is 0 Å². The maximum absolute atomic E-state index is 15.1. The smallest absolute Gasteiger partial charge is 0.201 e. The molecule has 1 aliphatic rings. The molecular formula is C34H39F3O. The third-order valence-corrected chi connectivity index (χ3v) is 7.62. The predicted molar refractivity (Wildman–Crippen MR) is 152 cm³/mol. The van der Waals surface area contributed by atoms with Crippen LogP contribution in [0.25, 0.3) is 27.8 Å². The highest BCUT2D eigenvalue weighted by Crippen LogP contribution is 2.35. The van der Waals surface area contributed by atoms with Gasteiger partial charge in [-0.1, -0.05) is 94.8 Å². The van der Waals surface area contributed by atoms with E-state index in [4.69, 9.17) is 4.74 Å². The van der Waals surface area contributed by atoms with E-state index in [-0.39, 0.29) is 17.1 Å². The van der Waals surface area contributed by atoms with E-state index in [1.807, 2.05) is 12.1 Å². The Hall–Kier alpha value is -3.01. The largest absolute Gasteiger partial charge is 0.490 e. The fourth-order valence-electron chi connectivity index (χ4n) is 5.35. The summed E-state index contributed by atoms with van der Waals surface area (Å²) in [7, 11) is 0. The second-order valence-corrected chi connectivity index (χ2v) is 10.4. The van der Waals surface area contributed by atoms with E-state index < -0.39 is 11.6 Å². The van der Waals surface area contributed by atoms with Gasteiger partial charge in [-0.05, 0) is 72.1 Å². The van der Waals surface area contributed by atoms with E-state index >= 15 is 4.39 Å². The van der Waals surface area contributed by atoms with E-state index in [0.717, 1.165) is 56.4 Å². The van der Waals surface area contributed by atoms with E-state index in [1.54, 1.807) is 30.3 Å². The van der Waals surface area contributed by atoms with Gasteiger partial charge in [0.2, 0.25) is 5.82 Å². The Bertz CT molecular complexity index is 1230. The van der Waals surface area contributed by atoms with Crippen LogP contribution in [0.2, 0.25) is 0 Å². The van der Waals surface area contributed by atoms with Crippen molar-refractivity contribution in [3.63, 3.8) is 0 Å². The second kappa shape index (κ2) is 13.7. The van der Waals surface area contributed by atoms with Crippen LogP contribution < -0.4 is 4.74 Å². The lowest BCUT2D eigenvalue weighted by Gasteiger charge is -2.22. The van der Waals surface area contributed by atoms with E-state index in [2.05, 4.69) is 19.9 Å². The first-order valence-corrected chi connectivity index (χ1v) is 14.2. The lowest BCUT2D eigenvalue weighted by Crippen LogP contribution is -2.05. The molecular weight excluding hydrogens is 481 g/mol. The Kier molecular flexibility index (Phi) is 10.1. The van der Waals surface area contributed by atoms with Crippen LogP contribution in [0.3, 0.4) is 0 Å². The zero-order chi connectivity index (χ0) is 26.9. The molecule has 38 heavy (non-hydrogen) atoms. The van der Waals surface area contributed by atoms with Gasteiger partial charge >= 0.3 is 0 Å². The standard InChI is InChI=1S/C34H39F3O/c1-3-5-6-7-8-22-38-32-21-20-30(33(36)34(32)37)27-16-14-26(15-17-27)29-19-18-28(23-31(29)35)25-12-10-24(9-4-2)11-13-25/h12,14-21,23-24H,3-11,13,22H2,1-2H3. The van der Waals surface area contributed by atoms with E-state index in [9.17, 15) is 8.78 Å². The molecule has 0 heterocycles. The lowest BCUT2D eigenvalue weighted by molar-refractivity contribution is 0.285. The predicted octanol–water partition coefficient (Wildman–Crippen LogP) is 10.8. The minimum Gasteiger partial charge on any atom is -0.490 e. The average Bonchev–Trinajstić information content (AvgIpc) is 2.94. The summed E-state index contributed by atoms with van der Waals surface area (Å²) in [4.78, 5) is 0. The van der Waals surface area contributed by atoms with Crippen LogP contribution in [0.5, 0.6) is 5.75 Å². The Morgan fingerprint density at radius 2 is 1.42 bits per heavy atom. The first-order valence-electron chi connectivity index (χ1n) is 14.2. The van der Waals surface area contributed by atoms with Crippen LogP contribution in [0, 0.1) is 23.4 Å². The average molecular weight is 521 g/mol. The van der Waals surface area contributed by atoms with Crippen LogP contribution in [0.1, 0.15) is 83.6 Å². The maximum atomic E-state index is 15.1. The highest BCUT2D eigenvalue weighted by atomic mass is 19.2. The molecule has 1 unspecified atom stereocenters. The van der Waals surface area contributed by atoms with Gasteiger partial charge in [0.1, 0.15) is 5.82 Å². The topological polar surface area (TPSA) is 9.23 Å². The van der Waals surface area contributed by atoms with Gasteiger partial charge in [0, 0.05) is 11.1 Å². The first-order chi connectivity index (χ1) is 18.5. The molecule has 0 bridgehead atoms. The highest BCUT2D eigenvalue weighted by Gasteiger charge is 2.18. The van der Waals surface area contributed by atoms with Crippen molar-refractivity contribution in [3.8, 4) is 28.0 Å². The zero-order valence-corrected chi connectivity index (χ0v) is 22.7. The summed E-state index contributed by atoms with van der Waals surface area (Å²) in [6.45, 7) is 4.74. The maximum Gasteiger partial charge on any atom is 0.201 e. The van der Waals surface area contributed by atoms with Crippen molar-refractivity contribution >= 4 is 5.57 Å². The Morgan fingerprint density at radius 3 is 2.08 bits per heavy atom. The first kappa shape index (κ1) is 28.0.